The second-order valence-electron chi connectivity index (χ2n) is 9.49. The Balaban J connectivity index is 1.80. The molecule has 1 aromatic heterocycles. The fourth-order valence-corrected chi connectivity index (χ4v) is 4.19. The van der Waals surface area contributed by atoms with Gasteiger partial charge in [0.05, 0.1) is 6.04 Å². The molecule has 1 aromatic carbocycles. The SMILES string of the molecule is CC(C)=CCN1CCc2nnc([C@@H](CC(C)C)NC(=O)c3cc(C)cc(C)c3)n2CC1. The van der Waals surface area contributed by atoms with Crippen LogP contribution >= 0.6 is 0 Å². The second-order valence-corrected chi connectivity index (χ2v) is 9.49. The van der Waals surface area contributed by atoms with Crippen LogP contribution in [0.15, 0.2) is 29.8 Å². The number of rotatable bonds is 7. The standard InChI is InChI=1S/C25H37N5O/c1-17(2)7-9-29-10-8-23-27-28-24(30(23)12-11-29)22(13-18(3)4)26-25(31)21-15-19(5)14-20(6)16-21/h7,14-16,18,22H,8-13H2,1-6H3,(H,26,31)/t22-/m1/s1. The number of hydrogen-bond donors (Lipinski definition) is 1. The molecular weight excluding hydrogens is 386 g/mol. The average molecular weight is 424 g/mol. The summed E-state index contributed by atoms with van der Waals surface area (Å²) in [4.78, 5) is 15.5. The van der Waals surface area contributed by atoms with E-state index in [0.717, 1.165) is 61.8 Å². The number of carbonyl (C=O) groups is 1. The van der Waals surface area contributed by atoms with Gasteiger partial charge in [-0.1, -0.05) is 42.7 Å². The van der Waals surface area contributed by atoms with Crippen LogP contribution in [-0.4, -0.2) is 45.2 Å². The minimum absolute atomic E-state index is 0.0476. The molecule has 6 heteroatoms. The van der Waals surface area contributed by atoms with Crippen molar-refractivity contribution in [1.82, 2.24) is 25.0 Å². The number of hydrogen-bond acceptors (Lipinski definition) is 4. The smallest absolute Gasteiger partial charge is 0.251 e. The van der Waals surface area contributed by atoms with Crippen molar-refractivity contribution >= 4 is 5.91 Å². The van der Waals surface area contributed by atoms with E-state index in [4.69, 9.17) is 0 Å². The summed E-state index contributed by atoms with van der Waals surface area (Å²) >= 11 is 0. The zero-order valence-corrected chi connectivity index (χ0v) is 19.9. The van der Waals surface area contributed by atoms with Crippen molar-refractivity contribution in [2.45, 2.75) is 67.0 Å². The maximum absolute atomic E-state index is 13.1. The maximum Gasteiger partial charge on any atom is 0.251 e. The summed E-state index contributed by atoms with van der Waals surface area (Å²) in [5.74, 6) is 2.28. The van der Waals surface area contributed by atoms with Crippen LogP contribution in [0.5, 0.6) is 0 Å². The topological polar surface area (TPSA) is 63.1 Å². The van der Waals surface area contributed by atoms with Crippen LogP contribution in [0.4, 0.5) is 0 Å². The summed E-state index contributed by atoms with van der Waals surface area (Å²) in [6, 6.07) is 5.82. The zero-order chi connectivity index (χ0) is 22.5. The molecule has 168 valence electrons. The summed E-state index contributed by atoms with van der Waals surface area (Å²) in [5.41, 5.74) is 4.24. The molecule has 3 rings (SSSR count). The fraction of sp³-hybridized carbons (Fsp3) is 0.560. The molecule has 0 fully saturated rings. The molecule has 0 radical (unpaired) electrons. The molecule has 1 amide bonds. The van der Waals surface area contributed by atoms with Crippen LogP contribution in [0, 0.1) is 19.8 Å². The predicted molar refractivity (Wildman–Crippen MR) is 125 cm³/mol. The fourth-order valence-electron chi connectivity index (χ4n) is 4.19. The quantitative estimate of drug-likeness (QED) is 0.677. The van der Waals surface area contributed by atoms with E-state index in [9.17, 15) is 4.79 Å². The summed E-state index contributed by atoms with van der Waals surface area (Å²) in [6.45, 7) is 16.4. The first-order valence-electron chi connectivity index (χ1n) is 11.4. The molecule has 0 saturated carbocycles. The van der Waals surface area contributed by atoms with Gasteiger partial charge in [-0.05, 0) is 52.2 Å². The van der Waals surface area contributed by atoms with Crippen molar-refractivity contribution in [3.8, 4) is 0 Å². The monoisotopic (exact) mass is 423 g/mol. The highest BCUT2D eigenvalue weighted by Crippen LogP contribution is 2.23. The van der Waals surface area contributed by atoms with Crippen molar-refractivity contribution in [3.63, 3.8) is 0 Å². The summed E-state index contributed by atoms with van der Waals surface area (Å²) in [7, 11) is 0. The maximum atomic E-state index is 13.1. The third kappa shape index (κ3) is 6.26. The normalized spacial score (nSPS) is 15.3. The molecule has 1 N–H and O–H groups in total. The van der Waals surface area contributed by atoms with E-state index >= 15 is 0 Å². The third-order valence-electron chi connectivity index (χ3n) is 5.71. The van der Waals surface area contributed by atoms with Crippen LogP contribution in [0.25, 0.3) is 0 Å². The van der Waals surface area contributed by atoms with E-state index in [-0.39, 0.29) is 11.9 Å². The summed E-state index contributed by atoms with van der Waals surface area (Å²) in [6.07, 6.45) is 3.98. The first kappa shape index (κ1) is 23.2. The van der Waals surface area contributed by atoms with E-state index in [0.29, 0.717) is 11.5 Å². The molecule has 1 aliphatic rings. The van der Waals surface area contributed by atoms with Gasteiger partial charge in [0.25, 0.3) is 5.91 Å². The van der Waals surface area contributed by atoms with Crippen LogP contribution < -0.4 is 5.32 Å². The molecule has 2 aromatic rings. The van der Waals surface area contributed by atoms with E-state index in [2.05, 4.69) is 64.8 Å². The van der Waals surface area contributed by atoms with Crippen molar-refractivity contribution in [2.24, 2.45) is 5.92 Å². The molecule has 0 unspecified atom stereocenters. The van der Waals surface area contributed by atoms with Crippen LogP contribution in [0.1, 0.15) is 73.3 Å². The van der Waals surface area contributed by atoms with Crippen LogP contribution in [0.3, 0.4) is 0 Å². The number of carbonyl (C=O) groups excluding carboxylic acids is 1. The summed E-state index contributed by atoms with van der Waals surface area (Å²) in [5, 5.41) is 12.3. The van der Waals surface area contributed by atoms with Gasteiger partial charge in [-0.15, -0.1) is 10.2 Å². The second kappa shape index (κ2) is 10.2. The minimum Gasteiger partial charge on any atom is -0.342 e. The predicted octanol–water partition coefficient (Wildman–Crippen LogP) is 4.24. The third-order valence-corrected chi connectivity index (χ3v) is 5.71. The van der Waals surface area contributed by atoms with Crippen LogP contribution in [-0.2, 0) is 13.0 Å². The van der Waals surface area contributed by atoms with Gasteiger partial charge in [-0.25, -0.2) is 0 Å². The van der Waals surface area contributed by atoms with E-state index in [1.807, 2.05) is 26.0 Å². The Labute approximate surface area is 186 Å². The molecule has 2 heterocycles. The van der Waals surface area contributed by atoms with E-state index in [1.165, 1.54) is 5.57 Å². The Hall–Kier alpha value is -2.47. The lowest BCUT2D eigenvalue weighted by atomic mass is 10.0. The zero-order valence-electron chi connectivity index (χ0n) is 19.9. The number of allylic oxidation sites excluding steroid dienone is 1. The molecular formula is C25H37N5O. The Kier molecular flexibility index (Phi) is 7.65. The van der Waals surface area contributed by atoms with Gasteiger partial charge < -0.3 is 9.88 Å². The Morgan fingerprint density at radius 1 is 1.10 bits per heavy atom. The lowest BCUT2D eigenvalue weighted by Crippen LogP contribution is -2.32. The lowest BCUT2D eigenvalue weighted by Gasteiger charge is -2.22. The molecule has 0 bridgehead atoms. The first-order valence-corrected chi connectivity index (χ1v) is 11.4. The number of aryl methyl sites for hydroxylation is 2. The van der Waals surface area contributed by atoms with Crippen LogP contribution in [0.2, 0.25) is 0 Å². The van der Waals surface area contributed by atoms with Gasteiger partial charge in [-0.3, -0.25) is 9.69 Å². The van der Waals surface area contributed by atoms with Crippen molar-refractivity contribution < 1.29 is 4.79 Å². The van der Waals surface area contributed by atoms with Crippen molar-refractivity contribution in [1.29, 1.82) is 0 Å². The number of aromatic nitrogens is 3. The average Bonchev–Trinajstić information content (AvgIpc) is 2.97. The number of fused-ring (bicyclic) bond motifs is 1. The largest absolute Gasteiger partial charge is 0.342 e. The molecule has 31 heavy (non-hydrogen) atoms. The minimum atomic E-state index is -0.154. The Morgan fingerprint density at radius 2 is 1.81 bits per heavy atom. The molecule has 6 nitrogen and oxygen atoms in total. The number of benzene rings is 1. The highest BCUT2D eigenvalue weighted by atomic mass is 16.1. The summed E-state index contributed by atoms with van der Waals surface area (Å²) < 4.78 is 2.23. The number of amides is 1. The van der Waals surface area contributed by atoms with Gasteiger partial charge in [-0.2, -0.15) is 0 Å². The molecule has 0 aliphatic carbocycles. The number of nitrogens with zero attached hydrogens (tertiary/aromatic N) is 4. The van der Waals surface area contributed by atoms with Gasteiger partial charge in [0.1, 0.15) is 5.82 Å². The van der Waals surface area contributed by atoms with Gasteiger partial charge in [0.15, 0.2) is 5.82 Å². The number of nitrogens with one attached hydrogen (secondary N) is 1. The lowest BCUT2D eigenvalue weighted by molar-refractivity contribution is 0.0928. The Morgan fingerprint density at radius 3 is 2.45 bits per heavy atom. The molecule has 1 aliphatic heterocycles. The Bertz CT molecular complexity index is 919. The van der Waals surface area contributed by atoms with Gasteiger partial charge in [0, 0.05) is 38.2 Å². The van der Waals surface area contributed by atoms with Crippen molar-refractivity contribution in [2.75, 3.05) is 19.6 Å². The first-order chi connectivity index (χ1) is 14.7. The van der Waals surface area contributed by atoms with Gasteiger partial charge in [0.2, 0.25) is 0 Å². The van der Waals surface area contributed by atoms with E-state index < -0.39 is 0 Å². The highest BCUT2D eigenvalue weighted by molar-refractivity contribution is 5.94. The van der Waals surface area contributed by atoms with E-state index in [1.54, 1.807) is 0 Å². The molecule has 0 saturated heterocycles. The molecule has 0 spiro atoms. The highest BCUT2D eigenvalue weighted by Gasteiger charge is 2.26. The van der Waals surface area contributed by atoms with Gasteiger partial charge >= 0.3 is 0 Å². The molecule has 1 atom stereocenters. The van der Waals surface area contributed by atoms with Crippen molar-refractivity contribution in [3.05, 3.63) is 58.2 Å².